The molecule has 0 aromatic carbocycles. The van der Waals surface area contributed by atoms with E-state index in [4.69, 9.17) is 55.6 Å². The van der Waals surface area contributed by atoms with Gasteiger partial charge >= 0.3 is 6.72 Å². The molecule has 0 spiro atoms. The molecule has 22 heteroatoms. The molecule has 4 bridgehead atoms. The first-order chi connectivity index (χ1) is 20.7. The predicted octanol–water partition coefficient (Wildman–Crippen LogP) is 0.975. The van der Waals surface area contributed by atoms with E-state index >= 15 is 0 Å². The van der Waals surface area contributed by atoms with Crippen molar-refractivity contribution < 1.29 is 37.2 Å². The normalized spacial score (nSPS) is 38.1. The summed E-state index contributed by atoms with van der Waals surface area (Å²) in [4.78, 5) is 36.5. The number of nitrogens with zero attached hydrogens (tertiary/aromatic N) is 8. The van der Waals surface area contributed by atoms with Crippen LogP contribution in [0, 0.1) is 0 Å². The molecule has 5 N–H and O–H groups in total. The third kappa shape index (κ3) is 4.72. The van der Waals surface area contributed by atoms with Crippen molar-refractivity contribution in [2.45, 2.75) is 48.9 Å². The molecule has 0 amide bonds. The van der Waals surface area contributed by atoms with Crippen LogP contribution >= 0.6 is 26.5 Å². The van der Waals surface area contributed by atoms with Gasteiger partial charge in [-0.3, -0.25) is 9.13 Å². The summed E-state index contributed by atoms with van der Waals surface area (Å²) >= 11 is 10.1. The Kier molecular flexibility index (Phi) is 6.87. The van der Waals surface area contributed by atoms with Gasteiger partial charge < -0.3 is 48.7 Å². The maximum atomic E-state index is 11.3. The maximum absolute atomic E-state index is 11.3. The molecule has 8 rings (SSSR count). The second-order valence-corrected chi connectivity index (χ2v) is 15.1. The zero-order chi connectivity index (χ0) is 29.5. The summed E-state index contributed by atoms with van der Waals surface area (Å²) in [5, 5.41) is 0. The Balaban J connectivity index is 1.10. The smallest absolute Gasteiger partial charge is 0.325 e. The third-order valence-electron chi connectivity index (χ3n) is 7.76. The summed E-state index contributed by atoms with van der Waals surface area (Å²) in [6.45, 7) is -3.88. The topological polar surface area (TPSA) is 224 Å². The number of nitrogens with two attached hydrogens (primary N) is 2. The fourth-order valence-corrected chi connectivity index (χ4v) is 8.65. The third-order valence-corrected chi connectivity index (χ3v) is 10.7. The van der Waals surface area contributed by atoms with Crippen molar-refractivity contribution in [2.24, 2.45) is 0 Å². The van der Waals surface area contributed by atoms with E-state index in [9.17, 15) is 4.89 Å². The number of nitrogen functional groups attached to an aromatic ring is 2. The van der Waals surface area contributed by atoms with Crippen LogP contribution in [-0.2, 0) is 44.1 Å². The highest BCUT2D eigenvalue weighted by Gasteiger charge is 2.64. The molecule has 4 aliphatic rings. The summed E-state index contributed by atoms with van der Waals surface area (Å²) in [7, 11) is -1.74. The van der Waals surface area contributed by atoms with Crippen molar-refractivity contribution in [3.05, 3.63) is 25.3 Å². The number of ether oxygens (including phenoxy) is 3. The minimum atomic E-state index is -3.87. The molecule has 9 atom stereocenters. The molecule has 0 aliphatic carbocycles. The molecule has 0 radical (unpaired) electrons. The lowest BCUT2D eigenvalue weighted by Gasteiger charge is -2.33. The van der Waals surface area contributed by atoms with Crippen LogP contribution in [0.2, 0.25) is 0 Å². The number of thiol groups is 1. The summed E-state index contributed by atoms with van der Waals surface area (Å²) < 4.78 is 46.6. The first-order valence-corrected chi connectivity index (χ1v) is 17.9. The van der Waals surface area contributed by atoms with Gasteiger partial charge in [0.25, 0.3) is 0 Å². The summed E-state index contributed by atoms with van der Waals surface area (Å²) in [6.07, 6.45) is 2.00. The van der Waals surface area contributed by atoms with Crippen LogP contribution < -0.4 is 11.5 Å². The van der Waals surface area contributed by atoms with Crippen molar-refractivity contribution in [1.29, 1.82) is 0 Å². The number of fused-ring (bicyclic) bond motifs is 4. The summed E-state index contributed by atoms with van der Waals surface area (Å²) in [6, 6.07) is 0. The number of hydrogen-bond acceptors (Lipinski definition) is 17. The molecule has 8 heterocycles. The van der Waals surface area contributed by atoms with Gasteiger partial charge in [-0.15, -0.1) is 0 Å². The van der Waals surface area contributed by atoms with Crippen LogP contribution in [0.4, 0.5) is 11.6 Å². The predicted molar refractivity (Wildman–Crippen MR) is 155 cm³/mol. The van der Waals surface area contributed by atoms with Gasteiger partial charge in [0.2, 0.25) is 7.58 Å². The maximum Gasteiger partial charge on any atom is 0.325 e. The zero-order valence-corrected chi connectivity index (χ0v) is 25.4. The minimum absolute atomic E-state index is 0.0921. The lowest BCUT2D eigenvalue weighted by Crippen LogP contribution is -2.45. The molecule has 4 aromatic rings. The van der Waals surface area contributed by atoms with E-state index in [-0.39, 0.29) is 31.5 Å². The first kappa shape index (κ1) is 28.3. The van der Waals surface area contributed by atoms with E-state index < -0.39 is 56.8 Å². The van der Waals surface area contributed by atoms with E-state index in [1.54, 1.807) is 15.5 Å². The van der Waals surface area contributed by atoms with Crippen molar-refractivity contribution in [2.75, 3.05) is 31.3 Å². The van der Waals surface area contributed by atoms with Gasteiger partial charge in [-0.05, 0) is 11.8 Å². The lowest BCUT2D eigenvalue weighted by atomic mass is 10.0. The fourth-order valence-electron chi connectivity index (χ4n) is 5.82. The van der Waals surface area contributed by atoms with Crippen LogP contribution in [0.1, 0.15) is 18.9 Å². The van der Waals surface area contributed by atoms with Gasteiger partial charge in [0.15, 0.2) is 35.4 Å². The molecular weight excluding hydrogens is 646 g/mol. The Hall–Kier alpha value is -2.19. The van der Waals surface area contributed by atoms with Crippen molar-refractivity contribution in [3.8, 4) is 0 Å². The Morgan fingerprint density at radius 2 is 1.67 bits per heavy atom. The number of aromatic nitrogens is 8. The van der Waals surface area contributed by atoms with Gasteiger partial charge in [0, 0.05) is 6.42 Å². The second kappa shape index (κ2) is 10.4. The van der Waals surface area contributed by atoms with Gasteiger partial charge in [0.1, 0.15) is 47.6 Å². The quantitative estimate of drug-likeness (QED) is 0.172. The van der Waals surface area contributed by atoms with Crippen LogP contribution in [-0.4, -0.2) is 93.8 Å². The standard InChI is InChI=1S/C21H24N10O8P2S2/c22-15-11-17(26-5-24-15)30(7-28-11)19-10-1-9(36-19)2-34-40(42)38-14-13-20(31-8-29-12-16(23)25-6-27-18(12)31)37-21(14,3-33-13)4-35-41(32,43)39-10/h5-10,13-14,19-20,42H,1-4H2,(H,32,43)(H2,22,24,26)(H2,23,25,27)/t9-,10+,13+,14-,19+,20+,21+,40-,41?/m0/s1. The van der Waals surface area contributed by atoms with Gasteiger partial charge in [-0.2, -0.15) is 0 Å². The minimum Gasteiger partial charge on any atom is -0.382 e. The molecule has 228 valence electrons. The van der Waals surface area contributed by atoms with Crippen molar-refractivity contribution in [1.82, 2.24) is 39.0 Å². The Morgan fingerprint density at radius 1 is 1.00 bits per heavy atom. The summed E-state index contributed by atoms with van der Waals surface area (Å²) in [5.74, 6) is 0.448. The Bertz CT molecular complexity index is 1770. The molecule has 4 aromatic heterocycles. The first-order valence-electron chi connectivity index (χ1n) is 13.0. The van der Waals surface area contributed by atoms with E-state index in [2.05, 4.69) is 42.2 Å². The highest BCUT2D eigenvalue weighted by molar-refractivity contribution is 8.41. The van der Waals surface area contributed by atoms with E-state index in [0.29, 0.717) is 28.7 Å². The highest BCUT2D eigenvalue weighted by atomic mass is 32.7. The molecule has 43 heavy (non-hydrogen) atoms. The molecular formula is C21H24N10O8P2S2. The fraction of sp³-hybridized carbons (Fsp3) is 0.524. The van der Waals surface area contributed by atoms with Crippen molar-refractivity contribution >= 4 is 72.3 Å². The number of hydrogen-bond donors (Lipinski definition) is 4. The van der Waals surface area contributed by atoms with E-state index in [1.165, 1.54) is 19.0 Å². The van der Waals surface area contributed by atoms with E-state index in [1.807, 2.05) is 0 Å². The van der Waals surface area contributed by atoms with Crippen LogP contribution in [0.15, 0.2) is 25.3 Å². The molecule has 4 aliphatic heterocycles. The largest absolute Gasteiger partial charge is 0.382 e. The number of anilines is 2. The molecule has 0 saturated carbocycles. The lowest BCUT2D eigenvalue weighted by molar-refractivity contribution is -0.183. The van der Waals surface area contributed by atoms with Gasteiger partial charge in [-0.25, -0.2) is 29.9 Å². The highest BCUT2D eigenvalue weighted by Crippen LogP contribution is 2.58. The number of imidazole rings is 2. The van der Waals surface area contributed by atoms with Gasteiger partial charge in [-0.1, -0.05) is 12.2 Å². The average Bonchev–Trinajstić information content (AvgIpc) is 3.79. The zero-order valence-electron chi connectivity index (χ0n) is 21.9. The monoisotopic (exact) mass is 670 g/mol. The number of rotatable bonds is 2. The molecule has 1 unspecified atom stereocenters. The summed E-state index contributed by atoms with van der Waals surface area (Å²) in [5.41, 5.74) is 12.5. The SMILES string of the molecule is Nc1ncnc2c1ncn2[C@@H]1O[C@@]23CO[C@@H]1[C@@H]2O[P@@](S)OC[C@@H]1C[C@@H](OP(O)(=S)OC3)[C@H](n2cnc3c(N)ncnc32)O1. The Labute approximate surface area is 253 Å². The average molecular weight is 671 g/mol. The molecule has 4 fully saturated rings. The van der Waals surface area contributed by atoms with E-state index in [0.717, 1.165) is 0 Å². The van der Waals surface area contributed by atoms with Crippen molar-refractivity contribution in [3.63, 3.8) is 0 Å². The second-order valence-electron chi connectivity index (χ2n) is 10.3. The van der Waals surface area contributed by atoms with Crippen LogP contribution in [0.25, 0.3) is 22.3 Å². The van der Waals surface area contributed by atoms with Gasteiger partial charge in [0.05, 0.1) is 38.6 Å². The molecule has 18 nitrogen and oxygen atoms in total. The van der Waals surface area contributed by atoms with Crippen LogP contribution in [0.3, 0.4) is 0 Å². The molecule has 4 saturated heterocycles. The van der Waals surface area contributed by atoms with Crippen LogP contribution in [0.5, 0.6) is 0 Å². The Morgan fingerprint density at radius 3 is 2.37 bits per heavy atom.